The summed E-state index contributed by atoms with van der Waals surface area (Å²) in [5, 5.41) is 0.800. The first-order valence-corrected chi connectivity index (χ1v) is 9.33. The van der Waals surface area contributed by atoms with Crippen LogP contribution in [0.15, 0.2) is 69.9 Å². The highest BCUT2D eigenvalue weighted by molar-refractivity contribution is 5.85. The Hall–Kier alpha value is -2.83. The number of benzene rings is 2. The van der Waals surface area contributed by atoms with E-state index in [9.17, 15) is 9.59 Å². The molecular formula is C22H23ClN2O4. The zero-order valence-corrected chi connectivity index (χ0v) is 16.6. The highest BCUT2D eigenvalue weighted by Crippen LogP contribution is 2.32. The Kier molecular flexibility index (Phi) is 6.56. The molecule has 3 aromatic rings. The van der Waals surface area contributed by atoms with Crippen molar-refractivity contribution in [1.29, 1.82) is 0 Å². The standard InChI is InChI=1S/C22H22N2O4.ClH/c23-11-17-12-24(13-19(17)15-4-2-1-3-5-15)21(25)14-27-18-8-6-16-7-9-22(26)28-20(16)10-18;/h1-10,17,19H,11-14,23H2;1H/t17-,19+;/m1./s1. The van der Waals surface area contributed by atoms with E-state index in [-0.39, 0.29) is 36.8 Å². The lowest BCUT2D eigenvalue weighted by atomic mass is 9.89. The summed E-state index contributed by atoms with van der Waals surface area (Å²) in [5.74, 6) is 0.891. The Labute approximate surface area is 174 Å². The molecule has 0 radical (unpaired) electrons. The van der Waals surface area contributed by atoms with E-state index in [1.807, 2.05) is 23.1 Å². The van der Waals surface area contributed by atoms with Gasteiger partial charge in [0.05, 0.1) is 0 Å². The second-order valence-electron chi connectivity index (χ2n) is 7.05. The topological polar surface area (TPSA) is 85.8 Å². The molecule has 1 saturated heterocycles. The number of ether oxygens (including phenoxy) is 1. The molecule has 152 valence electrons. The average molecular weight is 415 g/mol. The van der Waals surface area contributed by atoms with Gasteiger partial charge in [0.15, 0.2) is 6.61 Å². The van der Waals surface area contributed by atoms with Crippen LogP contribution in [-0.4, -0.2) is 37.0 Å². The molecule has 2 N–H and O–H groups in total. The first-order valence-electron chi connectivity index (χ1n) is 9.33. The van der Waals surface area contributed by atoms with E-state index in [1.54, 1.807) is 24.3 Å². The van der Waals surface area contributed by atoms with E-state index in [2.05, 4.69) is 12.1 Å². The summed E-state index contributed by atoms with van der Waals surface area (Å²) in [6.45, 7) is 1.74. The van der Waals surface area contributed by atoms with Crippen molar-refractivity contribution in [1.82, 2.24) is 4.90 Å². The molecule has 2 aromatic carbocycles. The van der Waals surface area contributed by atoms with Crippen molar-refractivity contribution in [3.05, 3.63) is 76.6 Å². The molecule has 7 heteroatoms. The van der Waals surface area contributed by atoms with E-state index in [4.69, 9.17) is 14.9 Å². The lowest BCUT2D eigenvalue weighted by molar-refractivity contribution is -0.132. The summed E-state index contributed by atoms with van der Waals surface area (Å²) in [7, 11) is 0. The Balaban J connectivity index is 0.00000240. The number of halogens is 1. The van der Waals surface area contributed by atoms with Crippen LogP contribution in [0.3, 0.4) is 0 Å². The lowest BCUT2D eigenvalue weighted by Gasteiger charge is -2.17. The first kappa shape index (κ1) is 20.9. The molecule has 1 fully saturated rings. The molecule has 2 atom stereocenters. The van der Waals surface area contributed by atoms with Gasteiger partial charge in [-0.1, -0.05) is 30.3 Å². The largest absolute Gasteiger partial charge is 0.484 e. The number of amides is 1. The number of hydrogen-bond donors (Lipinski definition) is 1. The minimum Gasteiger partial charge on any atom is -0.484 e. The maximum absolute atomic E-state index is 12.7. The molecule has 1 amide bonds. The van der Waals surface area contributed by atoms with Crippen LogP contribution in [0.1, 0.15) is 11.5 Å². The highest BCUT2D eigenvalue weighted by Gasteiger charge is 2.35. The van der Waals surface area contributed by atoms with Crippen LogP contribution < -0.4 is 16.1 Å². The average Bonchev–Trinajstić information content (AvgIpc) is 3.17. The summed E-state index contributed by atoms with van der Waals surface area (Å²) in [5.41, 5.74) is 7.17. The molecule has 0 aliphatic carbocycles. The maximum atomic E-state index is 12.7. The Bertz CT molecular complexity index is 1040. The predicted molar refractivity (Wildman–Crippen MR) is 114 cm³/mol. The number of nitrogens with two attached hydrogens (primary N) is 1. The smallest absolute Gasteiger partial charge is 0.336 e. The summed E-state index contributed by atoms with van der Waals surface area (Å²) in [6.07, 6.45) is 0. The van der Waals surface area contributed by atoms with Gasteiger partial charge in [0.2, 0.25) is 0 Å². The van der Waals surface area contributed by atoms with Gasteiger partial charge in [0, 0.05) is 36.5 Å². The highest BCUT2D eigenvalue weighted by atomic mass is 35.5. The third kappa shape index (κ3) is 4.60. The molecule has 1 aliphatic heterocycles. The fourth-order valence-corrected chi connectivity index (χ4v) is 3.76. The number of fused-ring (bicyclic) bond motifs is 1. The van der Waals surface area contributed by atoms with Crippen LogP contribution in [0.5, 0.6) is 5.75 Å². The van der Waals surface area contributed by atoms with Crippen LogP contribution in [0.2, 0.25) is 0 Å². The third-order valence-corrected chi connectivity index (χ3v) is 5.28. The molecule has 6 nitrogen and oxygen atoms in total. The second-order valence-corrected chi connectivity index (χ2v) is 7.05. The van der Waals surface area contributed by atoms with Crippen LogP contribution in [-0.2, 0) is 4.79 Å². The number of carbonyl (C=O) groups excluding carboxylic acids is 1. The second kappa shape index (κ2) is 9.11. The zero-order valence-electron chi connectivity index (χ0n) is 15.8. The molecule has 0 saturated carbocycles. The van der Waals surface area contributed by atoms with Crippen LogP contribution >= 0.6 is 12.4 Å². The number of nitrogens with zero attached hydrogens (tertiary/aromatic N) is 1. The zero-order chi connectivity index (χ0) is 19.5. The van der Waals surface area contributed by atoms with Gasteiger partial charge in [0.1, 0.15) is 11.3 Å². The molecule has 0 bridgehead atoms. The van der Waals surface area contributed by atoms with Gasteiger partial charge in [-0.05, 0) is 36.2 Å². The van der Waals surface area contributed by atoms with Crippen molar-refractivity contribution in [2.75, 3.05) is 26.2 Å². The minimum atomic E-state index is -0.419. The van der Waals surface area contributed by atoms with Crippen molar-refractivity contribution < 1.29 is 13.9 Å². The van der Waals surface area contributed by atoms with Gasteiger partial charge >= 0.3 is 5.63 Å². The molecule has 4 rings (SSSR count). The van der Waals surface area contributed by atoms with Crippen molar-refractivity contribution in [2.45, 2.75) is 5.92 Å². The summed E-state index contributed by atoms with van der Waals surface area (Å²) in [4.78, 5) is 25.8. The maximum Gasteiger partial charge on any atom is 0.336 e. The molecule has 2 heterocycles. The Morgan fingerprint density at radius 2 is 1.86 bits per heavy atom. The minimum absolute atomic E-state index is 0. The third-order valence-electron chi connectivity index (χ3n) is 5.28. The van der Waals surface area contributed by atoms with Gasteiger partial charge in [0.25, 0.3) is 5.91 Å². The molecule has 1 aromatic heterocycles. The summed E-state index contributed by atoms with van der Waals surface area (Å²) >= 11 is 0. The number of hydrogen-bond acceptors (Lipinski definition) is 5. The SMILES string of the molecule is Cl.NC[C@@H]1CN(C(=O)COc2ccc3ccc(=O)oc3c2)C[C@H]1c1ccccc1. The fourth-order valence-electron chi connectivity index (χ4n) is 3.76. The van der Waals surface area contributed by atoms with Crippen molar-refractivity contribution >= 4 is 29.3 Å². The predicted octanol–water partition coefficient (Wildman–Crippen LogP) is 2.79. The van der Waals surface area contributed by atoms with Gasteiger partial charge < -0.3 is 19.8 Å². The Morgan fingerprint density at radius 1 is 1.10 bits per heavy atom. The van der Waals surface area contributed by atoms with E-state index < -0.39 is 5.63 Å². The molecule has 0 unspecified atom stereocenters. The molecule has 29 heavy (non-hydrogen) atoms. The van der Waals surface area contributed by atoms with E-state index in [0.29, 0.717) is 31.0 Å². The number of likely N-dealkylation sites (tertiary alicyclic amines) is 1. The van der Waals surface area contributed by atoms with Crippen molar-refractivity contribution in [3.63, 3.8) is 0 Å². The molecule has 1 aliphatic rings. The Morgan fingerprint density at radius 3 is 2.62 bits per heavy atom. The quantitative estimate of drug-likeness (QED) is 0.649. The van der Waals surface area contributed by atoms with Crippen molar-refractivity contribution in [2.24, 2.45) is 11.7 Å². The monoisotopic (exact) mass is 414 g/mol. The van der Waals surface area contributed by atoms with Crippen molar-refractivity contribution in [3.8, 4) is 5.75 Å². The molecule has 0 spiro atoms. The number of rotatable bonds is 5. The normalized spacial score (nSPS) is 18.4. The van der Waals surface area contributed by atoms with Gasteiger partial charge in [-0.25, -0.2) is 4.79 Å². The number of carbonyl (C=O) groups is 1. The van der Waals surface area contributed by atoms with E-state index in [1.165, 1.54) is 11.6 Å². The van der Waals surface area contributed by atoms with E-state index in [0.717, 1.165) is 5.39 Å². The fraction of sp³-hybridized carbons (Fsp3) is 0.273. The van der Waals surface area contributed by atoms with Gasteiger partial charge in [-0.15, -0.1) is 12.4 Å². The lowest BCUT2D eigenvalue weighted by Crippen LogP contribution is -2.33. The molecular weight excluding hydrogens is 392 g/mol. The van der Waals surface area contributed by atoms with E-state index >= 15 is 0 Å². The summed E-state index contributed by atoms with van der Waals surface area (Å²) in [6, 6.07) is 18.4. The first-order chi connectivity index (χ1) is 13.6. The van der Waals surface area contributed by atoms with Gasteiger partial charge in [-0.3, -0.25) is 4.79 Å². The van der Waals surface area contributed by atoms with Crippen LogP contribution in [0, 0.1) is 5.92 Å². The van der Waals surface area contributed by atoms with Gasteiger partial charge in [-0.2, -0.15) is 0 Å². The summed E-state index contributed by atoms with van der Waals surface area (Å²) < 4.78 is 10.8. The van der Waals surface area contributed by atoms with Crippen LogP contribution in [0.25, 0.3) is 11.0 Å². The van der Waals surface area contributed by atoms with Crippen LogP contribution in [0.4, 0.5) is 0 Å².